The number of aromatic amines is 1. The quantitative estimate of drug-likeness (QED) is 0.727. The Morgan fingerprint density at radius 3 is 3.00 bits per heavy atom. The van der Waals surface area contributed by atoms with Crippen LogP contribution >= 0.6 is 0 Å². The monoisotopic (exact) mass is 203 g/mol. The number of carbonyl (C=O) groups excluding carboxylic acids is 1. The Morgan fingerprint density at radius 2 is 2.33 bits per heavy atom. The van der Waals surface area contributed by atoms with Gasteiger partial charge in [0.1, 0.15) is 11.5 Å². The first-order chi connectivity index (χ1) is 7.25. The molecule has 0 unspecified atom stereocenters. The Balaban J connectivity index is 2.24. The number of nitrogens with two attached hydrogens (primary N) is 1. The maximum Gasteiger partial charge on any atom is 0.225 e. The molecular formula is C9H9N5O. The molecule has 0 fully saturated rings. The molecule has 0 aliphatic heterocycles. The van der Waals surface area contributed by atoms with Gasteiger partial charge in [0, 0.05) is 6.20 Å². The van der Waals surface area contributed by atoms with Crippen LogP contribution in [0.25, 0.3) is 11.5 Å². The minimum absolute atomic E-state index is 0.0554. The number of amides is 1. The van der Waals surface area contributed by atoms with E-state index in [-0.39, 0.29) is 6.42 Å². The molecule has 0 bridgehead atoms. The lowest BCUT2D eigenvalue weighted by Gasteiger charge is -1.90. The number of rotatable bonds is 3. The van der Waals surface area contributed by atoms with Crippen LogP contribution in [0.15, 0.2) is 24.4 Å². The van der Waals surface area contributed by atoms with Gasteiger partial charge in [-0.05, 0) is 12.1 Å². The molecule has 0 atom stereocenters. The Hall–Kier alpha value is -2.24. The Labute approximate surface area is 85.6 Å². The number of H-pyrrole nitrogens is 1. The second-order valence-corrected chi connectivity index (χ2v) is 2.96. The van der Waals surface area contributed by atoms with E-state index in [2.05, 4.69) is 20.2 Å². The number of carbonyl (C=O) groups is 1. The predicted molar refractivity (Wildman–Crippen MR) is 52.5 cm³/mol. The van der Waals surface area contributed by atoms with Gasteiger partial charge in [0.2, 0.25) is 5.91 Å². The summed E-state index contributed by atoms with van der Waals surface area (Å²) in [6, 6.07) is 5.43. The van der Waals surface area contributed by atoms with E-state index < -0.39 is 5.91 Å². The van der Waals surface area contributed by atoms with Crippen LogP contribution in [0.4, 0.5) is 0 Å². The maximum absolute atomic E-state index is 10.6. The van der Waals surface area contributed by atoms with Crippen LogP contribution in [0.3, 0.4) is 0 Å². The zero-order valence-electron chi connectivity index (χ0n) is 7.84. The average Bonchev–Trinajstić information content (AvgIpc) is 2.67. The molecule has 76 valence electrons. The smallest absolute Gasteiger partial charge is 0.225 e. The zero-order chi connectivity index (χ0) is 10.7. The normalized spacial score (nSPS) is 10.1. The fraction of sp³-hybridized carbons (Fsp3) is 0.111. The Bertz CT molecular complexity index is 464. The van der Waals surface area contributed by atoms with Gasteiger partial charge >= 0.3 is 0 Å². The van der Waals surface area contributed by atoms with E-state index >= 15 is 0 Å². The minimum Gasteiger partial charge on any atom is -0.369 e. The van der Waals surface area contributed by atoms with Gasteiger partial charge in [0.25, 0.3) is 0 Å². The SMILES string of the molecule is NC(=O)Cc1nc(-c2ccccn2)n[nH]1. The molecule has 0 saturated carbocycles. The number of pyridine rings is 1. The molecule has 2 aromatic rings. The molecular weight excluding hydrogens is 194 g/mol. The van der Waals surface area contributed by atoms with Gasteiger partial charge in [0.15, 0.2) is 5.82 Å². The standard InChI is InChI=1S/C9H9N5O/c10-7(15)5-8-12-9(14-13-8)6-3-1-2-4-11-6/h1-4H,5H2,(H2,10,15)(H,12,13,14). The van der Waals surface area contributed by atoms with Crippen molar-refractivity contribution in [3.63, 3.8) is 0 Å². The first-order valence-electron chi connectivity index (χ1n) is 4.36. The fourth-order valence-electron chi connectivity index (χ4n) is 1.15. The molecule has 1 amide bonds. The molecule has 0 spiro atoms. The van der Waals surface area contributed by atoms with Crippen LogP contribution in [0.1, 0.15) is 5.82 Å². The van der Waals surface area contributed by atoms with E-state index in [0.29, 0.717) is 17.3 Å². The van der Waals surface area contributed by atoms with Crippen LogP contribution in [-0.4, -0.2) is 26.1 Å². The molecule has 3 N–H and O–H groups in total. The summed E-state index contributed by atoms with van der Waals surface area (Å²) in [5.74, 6) is 0.466. The van der Waals surface area contributed by atoms with E-state index in [9.17, 15) is 4.79 Å². The van der Waals surface area contributed by atoms with Crippen molar-refractivity contribution in [1.29, 1.82) is 0 Å². The number of primary amides is 1. The number of hydrogen-bond acceptors (Lipinski definition) is 4. The van der Waals surface area contributed by atoms with Crippen molar-refractivity contribution in [3.05, 3.63) is 30.2 Å². The van der Waals surface area contributed by atoms with Crippen molar-refractivity contribution in [1.82, 2.24) is 20.2 Å². The summed E-state index contributed by atoms with van der Waals surface area (Å²) in [6.07, 6.45) is 1.71. The van der Waals surface area contributed by atoms with Gasteiger partial charge in [-0.2, -0.15) is 5.10 Å². The molecule has 6 heteroatoms. The number of aromatic nitrogens is 4. The molecule has 2 aromatic heterocycles. The van der Waals surface area contributed by atoms with Gasteiger partial charge in [-0.3, -0.25) is 14.9 Å². The van der Waals surface area contributed by atoms with E-state index in [0.717, 1.165) is 0 Å². The van der Waals surface area contributed by atoms with Crippen LogP contribution < -0.4 is 5.73 Å². The van der Waals surface area contributed by atoms with Crippen LogP contribution in [0.5, 0.6) is 0 Å². The van der Waals surface area contributed by atoms with Crippen molar-refractivity contribution < 1.29 is 4.79 Å². The molecule has 0 radical (unpaired) electrons. The van der Waals surface area contributed by atoms with Crippen LogP contribution in [0, 0.1) is 0 Å². The lowest BCUT2D eigenvalue weighted by atomic mass is 10.3. The van der Waals surface area contributed by atoms with Gasteiger partial charge < -0.3 is 5.73 Å². The van der Waals surface area contributed by atoms with Gasteiger partial charge in [0.05, 0.1) is 6.42 Å². The summed E-state index contributed by atoms with van der Waals surface area (Å²) in [6.45, 7) is 0. The third kappa shape index (κ3) is 2.16. The first kappa shape index (κ1) is 9.32. The largest absolute Gasteiger partial charge is 0.369 e. The van der Waals surface area contributed by atoms with E-state index in [1.807, 2.05) is 6.07 Å². The molecule has 15 heavy (non-hydrogen) atoms. The van der Waals surface area contributed by atoms with Crippen molar-refractivity contribution in [3.8, 4) is 11.5 Å². The van der Waals surface area contributed by atoms with Crippen LogP contribution in [-0.2, 0) is 11.2 Å². The highest BCUT2D eigenvalue weighted by Gasteiger charge is 2.07. The first-order valence-corrected chi connectivity index (χ1v) is 4.36. The summed E-state index contributed by atoms with van der Waals surface area (Å²) >= 11 is 0. The lowest BCUT2D eigenvalue weighted by molar-refractivity contribution is -0.117. The van der Waals surface area contributed by atoms with E-state index in [1.54, 1.807) is 18.3 Å². The van der Waals surface area contributed by atoms with Crippen molar-refractivity contribution >= 4 is 5.91 Å². The van der Waals surface area contributed by atoms with Crippen molar-refractivity contribution in [2.24, 2.45) is 5.73 Å². The van der Waals surface area contributed by atoms with Gasteiger partial charge in [-0.1, -0.05) is 6.07 Å². The van der Waals surface area contributed by atoms with Gasteiger partial charge in [-0.15, -0.1) is 0 Å². The highest BCUT2D eigenvalue weighted by molar-refractivity contribution is 5.75. The van der Waals surface area contributed by atoms with E-state index in [1.165, 1.54) is 0 Å². The Kier molecular flexibility index (Phi) is 2.40. The average molecular weight is 203 g/mol. The second kappa shape index (κ2) is 3.87. The highest BCUT2D eigenvalue weighted by Crippen LogP contribution is 2.09. The van der Waals surface area contributed by atoms with E-state index in [4.69, 9.17) is 5.73 Å². The van der Waals surface area contributed by atoms with Crippen molar-refractivity contribution in [2.75, 3.05) is 0 Å². The molecule has 0 saturated heterocycles. The molecule has 2 heterocycles. The number of hydrogen-bond donors (Lipinski definition) is 2. The predicted octanol–water partition coefficient (Wildman–Crippen LogP) is -0.106. The van der Waals surface area contributed by atoms with Gasteiger partial charge in [-0.25, -0.2) is 4.98 Å². The summed E-state index contributed by atoms with van der Waals surface area (Å²) in [5.41, 5.74) is 5.69. The minimum atomic E-state index is -0.446. The lowest BCUT2D eigenvalue weighted by Crippen LogP contribution is -2.14. The summed E-state index contributed by atoms with van der Waals surface area (Å²) in [5, 5.41) is 6.57. The molecule has 6 nitrogen and oxygen atoms in total. The molecule has 2 rings (SSSR count). The second-order valence-electron chi connectivity index (χ2n) is 2.96. The fourth-order valence-corrected chi connectivity index (χ4v) is 1.15. The van der Waals surface area contributed by atoms with Crippen LogP contribution in [0.2, 0.25) is 0 Å². The summed E-state index contributed by atoms with van der Waals surface area (Å²) < 4.78 is 0. The number of nitrogens with one attached hydrogen (secondary N) is 1. The molecule has 0 aliphatic carbocycles. The molecule has 0 aliphatic rings. The highest BCUT2D eigenvalue weighted by atomic mass is 16.1. The third-order valence-corrected chi connectivity index (χ3v) is 1.77. The van der Waals surface area contributed by atoms with Crippen molar-refractivity contribution in [2.45, 2.75) is 6.42 Å². The Morgan fingerprint density at radius 1 is 1.47 bits per heavy atom. The summed E-state index contributed by atoms with van der Waals surface area (Å²) in [7, 11) is 0. The number of nitrogens with zero attached hydrogens (tertiary/aromatic N) is 3. The maximum atomic E-state index is 10.6. The summed E-state index contributed by atoms with van der Waals surface area (Å²) in [4.78, 5) is 18.8. The zero-order valence-corrected chi connectivity index (χ0v) is 7.84. The topological polar surface area (TPSA) is 97.6 Å². The third-order valence-electron chi connectivity index (χ3n) is 1.77. The molecule has 0 aromatic carbocycles.